The highest BCUT2D eigenvalue weighted by atomic mass is 32.2. The second-order valence-electron chi connectivity index (χ2n) is 6.42. The summed E-state index contributed by atoms with van der Waals surface area (Å²) in [6.45, 7) is 4.44. The van der Waals surface area contributed by atoms with Crippen molar-refractivity contribution in [2.75, 3.05) is 0 Å². The van der Waals surface area contributed by atoms with Crippen LogP contribution in [0.1, 0.15) is 45.1 Å². The molecule has 2 rings (SSSR count). The van der Waals surface area contributed by atoms with Gasteiger partial charge in [-0.15, -0.1) is 0 Å². The number of thiocarbonyl (C=S) groups is 1. The SMILES string of the molecule is CC1(C)CCC(NS(=O)(=O)c2ccccc2C(N)=S)CC1. The van der Waals surface area contributed by atoms with Gasteiger partial charge in [-0.2, -0.15) is 0 Å². The fraction of sp³-hybridized carbons (Fsp3) is 0.533. The van der Waals surface area contributed by atoms with Gasteiger partial charge in [-0.3, -0.25) is 0 Å². The van der Waals surface area contributed by atoms with Gasteiger partial charge in [-0.05, 0) is 37.2 Å². The van der Waals surface area contributed by atoms with E-state index in [4.69, 9.17) is 18.0 Å². The van der Waals surface area contributed by atoms with E-state index in [2.05, 4.69) is 18.6 Å². The predicted octanol–water partition coefficient (Wildman–Crippen LogP) is 2.57. The van der Waals surface area contributed by atoms with Gasteiger partial charge in [0.25, 0.3) is 0 Å². The maximum absolute atomic E-state index is 12.6. The van der Waals surface area contributed by atoms with Crippen LogP contribution < -0.4 is 10.5 Å². The molecule has 0 heterocycles. The lowest BCUT2D eigenvalue weighted by Gasteiger charge is -2.34. The summed E-state index contributed by atoms with van der Waals surface area (Å²) in [5.74, 6) is 0. The van der Waals surface area contributed by atoms with E-state index < -0.39 is 10.0 Å². The highest BCUT2D eigenvalue weighted by Gasteiger charge is 2.30. The van der Waals surface area contributed by atoms with Gasteiger partial charge in [-0.1, -0.05) is 44.3 Å². The number of nitrogens with two attached hydrogens (primary N) is 1. The number of hydrogen-bond donors (Lipinski definition) is 2. The van der Waals surface area contributed by atoms with Gasteiger partial charge in [-0.25, -0.2) is 13.1 Å². The van der Waals surface area contributed by atoms with E-state index in [9.17, 15) is 8.42 Å². The van der Waals surface area contributed by atoms with Gasteiger partial charge in [0.05, 0.1) is 4.90 Å². The van der Waals surface area contributed by atoms with E-state index in [1.54, 1.807) is 24.3 Å². The first-order chi connectivity index (χ1) is 9.71. The van der Waals surface area contributed by atoms with E-state index >= 15 is 0 Å². The summed E-state index contributed by atoms with van der Waals surface area (Å²) in [5.41, 5.74) is 6.32. The maximum Gasteiger partial charge on any atom is 0.241 e. The summed E-state index contributed by atoms with van der Waals surface area (Å²) in [6, 6.07) is 6.59. The lowest BCUT2D eigenvalue weighted by Crippen LogP contribution is -2.39. The normalized spacial score (nSPS) is 19.3. The molecule has 0 saturated heterocycles. The van der Waals surface area contributed by atoms with E-state index in [-0.39, 0.29) is 15.9 Å². The molecule has 4 nitrogen and oxygen atoms in total. The molecule has 0 aromatic heterocycles. The van der Waals surface area contributed by atoms with Gasteiger partial charge in [0.2, 0.25) is 10.0 Å². The largest absolute Gasteiger partial charge is 0.389 e. The second kappa shape index (κ2) is 6.02. The zero-order valence-electron chi connectivity index (χ0n) is 12.4. The van der Waals surface area contributed by atoms with Gasteiger partial charge in [0, 0.05) is 11.6 Å². The monoisotopic (exact) mass is 326 g/mol. The van der Waals surface area contributed by atoms with E-state index in [1.165, 1.54) is 0 Å². The van der Waals surface area contributed by atoms with Crippen molar-refractivity contribution in [2.45, 2.75) is 50.5 Å². The van der Waals surface area contributed by atoms with Crippen molar-refractivity contribution in [2.24, 2.45) is 11.1 Å². The predicted molar refractivity (Wildman–Crippen MR) is 88.7 cm³/mol. The van der Waals surface area contributed by atoms with Gasteiger partial charge in [0.1, 0.15) is 4.99 Å². The molecule has 0 radical (unpaired) electrons. The third kappa shape index (κ3) is 4.02. The van der Waals surface area contributed by atoms with Crippen molar-refractivity contribution in [3.8, 4) is 0 Å². The van der Waals surface area contributed by atoms with Crippen molar-refractivity contribution in [3.63, 3.8) is 0 Å². The minimum Gasteiger partial charge on any atom is -0.389 e. The molecular weight excluding hydrogens is 304 g/mol. The fourth-order valence-corrected chi connectivity index (χ4v) is 4.47. The van der Waals surface area contributed by atoms with Crippen molar-refractivity contribution in [1.29, 1.82) is 0 Å². The Morgan fingerprint density at radius 3 is 2.43 bits per heavy atom. The van der Waals surface area contributed by atoms with Crippen LogP contribution in [0.2, 0.25) is 0 Å². The Morgan fingerprint density at radius 1 is 1.29 bits per heavy atom. The molecule has 21 heavy (non-hydrogen) atoms. The Kier molecular flexibility index (Phi) is 4.70. The van der Waals surface area contributed by atoms with E-state index in [0.717, 1.165) is 25.7 Å². The van der Waals surface area contributed by atoms with E-state index in [0.29, 0.717) is 11.0 Å². The molecule has 1 fully saturated rings. The molecule has 1 aliphatic rings. The molecule has 6 heteroatoms. The van der Waals surface area contributed by atoms with Crippen molar-refractivity contribution in [1.82, 2.24) is 4.72 Å². The fourth-order valence-electron chi connectivity index (χ4n) is 2.70. The molecule has 0 atom stereocenters. The summed E-state index contributed by atoms with van der Waals surface area (Å²) >= 11 is 4.94. The third-order valence-corrected chi connectivity index (χ3v) is 5.90. The quantitative estimate of drug-likeness (QED) is 0.834. The Labute approximate surface area is 132 Å². The number of hydrogen-bond acceptors (Lipinski definition) is 3. The zero-order chi connectivity index (χ0) is 15.7. The minimum absolute atomic E-state index is 0.0116. The van der Waals surface area contributed by atoms with Crippen LogP contribution in [0.5, 0.6) is 0 Å². The van der Waals surface area contributed by atoms with Crippen LogP contribution in [0.15, 0.2) is 29.2 Å². The summed E-state index contributed by atoms with van der Waals surface area (Å²) in [7, 11) is -3.59. The van der Waals surface area contributed by atoms with E-state index in [1.807, 2.05) is 0 Å². The number of benzene rings is 1. The van der Waals surface area contributed by atoms with Crippen molar-refractivity contribution >= 4 is 27.2 Å². The lowest BCUT2D eigenvalue weighted by atomic mass is 9.76. The highest BCUT2D eigenvalue weighted by Crippen LogP contribution is 2.35. The van der Waals surface area contributed by atoms with Crippen molar-refractivity contribution in [3.05, 3.63) is 29.8 Å². The van der Waals surface area contributed by atoms with Crippen LogP contribution in [-0.4, -0.2) is 19.4 Å². The maximum atomic E-state index is 12.6. The summed E-state index contributed by atoms with van der Waals surface area (Å²) < 4.78 is 27.9. The first-order valence-electron chi connectivity index (χ1n) is 7.12. The van der Waals surface area contributed by atoms with Crippen LogP contribution in [-0.2, 0) is 10.0 Å². The van der Waals surface area contributed by atoms with Crippen molar-refractivity contribution < 1.29 is 8.42 Å². The first kappa shape index (κ1) is 16.4. The van der Waals surface area contributed by atoms with Gasteiger partial charge in [0.15, 0.2) is 0 Å². The Morgan fingerprint density at radius 2 is 1.86 bits per heavy atom. The van der Waals surface area contributed by atoms with Crippen LogP contribution in [0, 0.1) is 5.41 Å². The lowest BCUT2D eigenvalue weighted by molar-refractivity contribution is 0.218. The molecule has 1 aromatic rings. The number of rotatable bonds is 4. The molecule has 3 N–H and O–H groups in total. The Balaban J connectivity index is 2.18. The van der Waals surface area contributed by atoms with Crippen LogP contribution >= 0.6 is 12.2 Å². The summed E-state index contributed by atoms with van der Waals surface area (Å²) in [5, 5.41) is 0. The molecule has 1 aliphatic carbocycles. The Bertz CT molecular complexity index is 629. The third-order valence-electron chi connectivity index (χ3n) is 4.10. The van der Waals surface area contributed by atoms with Gasteiger partial charge < -0.3 is 5.73 Å². The second-order valence-corrected chi connectivity index (χ2v) is 8.54. The molecule has 0 spiro atoms. The first-order valence-corrected chi connectivity index (χ1v) is 9.02. The molecule has 0 bridgehead atoms. The number of nitrogens with one attached hydrogen (secondary N) is 1. The van der Waals surface area contributed by atoms with Crippen LogP contribution in [0.4, 0.5) is 0 Å². The standard InChI is InChI=1S/C15H22N2O2S2/c1-15(2)9-7-11(8-10-15)17-21(18,19)13-6-4-3-5-12(13)14(16)20/h3-6,11,17H,7-10H2,1-2H3,(H2,16,20). The Hall–Kier alpha value is -0.980. The van der Waals surface area contributed by atoms with Crippen LogP contribution in [0.3, 0.4) is 0 Å². The molecule has 0 aliphatic heterocycles. The smallest absolute Gasteiger partial charge is 0.241 e. The molecule has 116 valence electrons. The van der Waals surface area contributed by atoms with Crippen LogP contribution in [0.25, 0.3) is 0 Å². The molecule has 1 saturated carbocycles. The average molecular weight is 326 g/mol. The molecule has 0 unspecified atom stereocenters. The molecular formula is C15H22N2O2S2. The minimum atomic E-state index is -3.59. The topological polar surface area (TPSA) is 72.2 Å². The summed E-state index contributed by atoms with van der Waals surface area (Å²) in [6.07, 6.45) is 3.78. The molecule has 1 aromatic carbocycles. The summed E-state index contributed by atoms with van der Waals surface area (Å²) in [4.78, 5) is 0.267. The highest BCUT2D eigenvalue weighted by molar-refractivity contribution is 7.89. The van der Waals surface area contributed by atoms with Gasteiger partial charge >= 0.3 is 0 Å². The average Bonchev–Trinajstić information content (AvgIpc) is 2.41. The zero-order valence-corrected chi connectivity index (χ0v) is 14.1. The molecule has 0 amide bonds. The number of sulfonamides is 1.